The Morgan fingerprint density at radius 3 is 2.50 bits per heavy atom. The van der Waals surface area contributed by atoms with Crippen molar-refractivity contribution in [2.24, 2.45) is 0 Å². The molecule has 1 aromatic heterocycles. The van der Waals surface area contributed by atoms with Crippen LogP contribution in [0.25, 0.3) is 0 Å². The van der Waals surface area contributed by atoms with Crippen molar-refractivity contribution in [3.63, 3.8) is 0 Å². The number of aromatic nitrogens is 1. The predicted molar refractivity (Wildman–Crippen MR) is 59.4 cm³/mol. The van der Waals surface area contributed by atoms with Crippen molar-refractivity contribution in [3.05, 3.63) is 64.7 Å². The third-order valence-corrected chi connectivity index (χ3v) is 2.60. The number of aryl methyl sites for hydroxylation is 1. The van der Waals surface area contributed by atoms with E-state index in [1.54, 1.807) is 13.0 Å². The van der Waals surface area contributed by atoms with Gasteiger partial charge in [0.05, 0.1) is 0 Å². The van der Waals surface area contributed by atoms with Crippen molar-refractivity contribution in [1.29, 1.82) is 0 Å². The highest BCUT2D eigenvalue weighted by molar-refractivity contribution is 5.31. The van der Waals surface area contributed by atoms with Crippen LogP contribution in [-0.4, -0.2) is 10.1 Å². The van der Waals surface area contributed by atoms with E-state index in [2.05, 4.69) is 4.98 Å². The van der Waals surface area contributed by atoms with E-state index in [0.717, 1.165) is 12.1 Å². The van der Waals surface area contributed by atoms with Gasteiger partial charge in [-0.25, -0.2) is 13.2 Å². The number of aliphatic hydroxyl groups excluding tert-OH is 1. The second kappa shape index (κ2) is 4.78. The van der Waals surface area contributed by atoms with Gasteiger partial charge in [0.25, 0.3) is 0 Å². The molecule has 0 bridgehead atoms. The zero-order valence-electron chi connectivity index (χ0n) is 9.49. The Labute approximate surface area is 102 Å². The van der Waals surface area contributed by atoms with E-state index in [1.807, 2.05) is 0 Å². The van der Waals surface area contributed by atoms with Crippen LogP contribution < -0.4 is 0 Å². The number of hydrogen-bond donors (Lipinski definition) is 1. The minimum atomic E-state index is -1.59. The predicted octanol–water partition coefficient (Wildman–Crippen LogP) is 2.89. The van der Waals surface area contributed by atoms with Gasteiger partial charge >= 0.3 is 0 Å². The van der Waals surface area contributed by atoms with Crippen LogP contribution in [0.2, 0.25) is 0 Å². The summed E-state index contributed by atoms with van der Waals surface area (Å²) in [4.78, 5) is 3.93. The van der Waals surface area contributed by atoms with E-state index in [9.17, 15) is 18.3 Å². The lowest BCUT2D eigenvalue weighted by atomic mass is 10.0. The summed E-state index contributed by atoms with van der Waals surface area (Å²) >= 11 is 0. The molecule has 1 atom stereocenters. The summed E-state index contributed by atoms with van der Waals surface area (Å²) in [5, 5.41) is 9.96. The van der Waals surface area contributed by atoms with Crippen molar-refractivity contribution in [2.75, 3.05) is 0 Å². The number of halogens is 3. The molecule has 2 aromatic rings. The van der Waals surface area contributed by atoms with Gasteiger partial charge in [-0.2, -0.15) is 0 Å². The van der Waals surface area contributed by atoms with Gasteiger partial charge in [0.2, 0.25) is 0 Å². The molecule has 0 saturated heterocycles. The Bertz CT molecular complexity index is 586. The number of nitrogens with zero attached hydrogens (tertiary/aromatic N) is 1. The highest BCUT2D eigenvalue weighted by Crippen LogP contribution is 2.26. The van der Waals surface area contributed by atoms with E-state index in [-0.39, 0.29) is 5.56 Å². The van der Waals surface area contributed by atoms with Gasteiger partial charge < -0.3 is 5.11 Å². The van der Waals surface area contributed by atoms with Crippen LogP contribution in [0.5, 0.6) is 0 Å². The second-order valence-corrected chi connectivity index (χ2v) is 3.90. The molecule has 18 heavy (non-hydrogen) atoms. The Morgan fingerprint density at radius 1 is 1.11 bits per heavy atom. The normalized spacial score (nSPS) is 12.5. The quantitative estimate of drug-likeness (QED) is 0.835. The van der Waals surface area contributed by atoms with Gasteiger partial charge in [0.15, 0.2) is 17.5 Å². The maximum atomic E-state index is 13.5. The Kier molecular flexibility index (Phi) is 3.34. The van der Waals surface area contributed by atoms with Crippen molar-refractivity contribution in [3.8, 4) is 0 Å². The van der Waals surface area contributed by atoms with E-state index < -0.39 is 23.6 Å². The van der Waals surface area contributed by atoms with Crippen LogP contribution in [0, 0.1) is 24.4 Å². The van der Waals surface area contributed by atoms with Crippen LogP contribution >= 0.6 is 0 Å². The molecular formula is C13H10F3NO. The molecule has 1 aromatic carbocycles. The SMILES string of the molecule is Cc1cc(C(O)c2ccc(F)c(F)c2F)ccn1. The zero-order chi connectivity index (χ0) is 13.3. The van der Waals surface area contributed by atoms with Crippen molar-refractivity contribution >= 4 is 0 Å². The highest BCUT2D eigenvalue weighted by Gasteiger charge is 2.20. The highest BCUT2D eigenvalue weighted by atomic mass is 19.2. The molecule has 0 spiro atoms. The maximum absolute atomic E-state index is 13.5. The van der Waals surface area contributed by atoms with Gasteiger partial charge in [-0.05, 0) is 30.7 Å². The molecule has 5 heteroatoms. The van der Waals surface area contributed by atoms with Gasteiger partial charge in [-0.1, -0.05) is 6.07 Å². The smallest absolute Gasteiger partial charge is 0.194 e. The third kappa shape index (κ3) is 2.22. The average Bonchev–Trinajstić information content (AvgIpc) is 2.35. The molecule has 2 nitrogen and oxygen atoms in total. The van der Waals surface area contributed by atoms with Gasteiger partial charge in [0, 0.05) is 17.5 Å². The second-order valence-electron chi connectivity index (χ2n) is 3.90. The fraction of sp³-hybridized carbons (Fsp3) is 0.154. The molecule has 1 unspecified atom stereocenters. The minimum absolute atomic E-state index is 0.306. The van der Waals surface area contributed by atoms with Crippen molar-refractivity contribution < 1.29 is 18.3 Å². The van der Waals surface area contributed by atoms with Crippen molar-refractivity contribution in [1.82, 2.24) is 4.98 Å². The molecule has 2 rings (SSSR count). The van der Waals surface area contributed by atoms with Crippen molar-refractivity contribution in [2.45, 2.75) is 13.0 Å². The Morgan fingerprint density at radius 2 is 1.83 bits per heavy atom. The first kappa shape index (κ1) is 12.6. The summed E-state index contributed by atoms with van der Waals surface area (Å²) in [6.07, 6.45) is 0.0906. The standard InChI is InChI=1S/C13H10F3NO/c1-7-6-8(4-5-17-7)13(18)9-2-3-10(14)12(16)11(9)15/h2-6,13,18H,1H3. The largest absolute Gasteiger partial charge is 0.384 e. The topological polar surface area (TPSA) is 33.1 Å². The first-order valence-electron chi connectivity index (χ1n) is 5.24. The Hall–Kier alpha value is -1.88. The first-order valence-corrected chi connectivity index (χ1v) is 5.24. The fourth-order valence-electron chi connectivity index (χ4n) is 1.67. The molecule has 0 amide bonds. The van der Waals surface area contributed by atoms with E-state index in [4.69, 9.17) is 0 Å². The van der Waals surface area contributed by atoms with Crippen LogP contribution in [0.4, 0.5) is 13.2 Å². The van der Waals surface area contributed by atoms with Crippen LogP contribution in [0.1, 0.15) is 22.9 Å². The lowest BCUT2D eigenvalue weighted by Gasteiger charge is -2.13. The average molecular weight is 253 g/mol. The monoisotopic (exact) mass is 253 g/mol. The lowest BCUT2D eigenvalue weighted by molar-refractivity contribution is 0.212. The molecule has 1 heterocycles. The molecule has 0 radical (unpaired) electrons. The number of rotatable bonds is 2. The molecule has 0 aliphatic rings. The molecule has 94 valence electrons. The zero-order valence-corrected chi connectivity index (χ0v) is 9.49. The summed E-state index contributed by atoms with van der Waals surface area (Å²) in [5.74, 6) is -4.25. The molecular weight excluding hydrogens is 243 g/mol. The third-order valence-electron chi connectivity index (χ3n) is 2.60. The van der Waals surface area contributed by atoms with Gasteiger partial charge in [0.1, 0.15) is 6.10 Å². The number of hydrogen-bond acceptors (Lipinski definition) is 2. The fourth-order valence-corrected chi connectivity index (χ4v) is 1.67. The first-order chi connectivity index (χ1) is 8.50. The number of aliphatic hydroxyl groups is 1. The summed E-state index contributed by atoms with van der Waals surface area (Å²) in [5.41, 5.74) is 0.696. The summed E-state index contributed by atoms with van der Waals surface area (Å²) in [6, 6.07) is 4.84. The van der Waals surface area contributed by atoms with Crippen LogP contribution in [-0.2, 0) is 0 Å². The summed E-state index contributed by atoms with van der Waals surface area (Å²) < 4.78 is 39.4. The lowest BCUT2D eigenvalue weighted by Crippen LogP contribution is -2.06. The van der Waals surface area contributed by atoms with Gasteiger partial charge in [-0.3, -0.25) is 4.98 Å². The number of pyridine rings is 1. The van der Waals surface area contributed by atoms with Crippen LogP contribution in [0.15, 0.2) is 30.5 Å². The summed E-state index contributed by atoms with van der Waals surface area (Å²) in [6.45, 7) is 1.71. The molecule has 0 aliphatic heterocycles. The molecule has 1 N–H and O–H groups in total. The molecule has 0 aliphatic carbocycles. The number of benzene rings is 1. The van der Waals surface area contributed by atoms with E-state index >= 15 is 0 Å². The summed E-state index contributed by atoms with van der Waals surface area (Å²) in [7, 11) is 0. The van der Waals surface area contributed by atoms with E-state index in [0.29, 0.717) is 11.3 Å². The molecule has 0 fully saturated rings. The Balaban J connectivity index is 2.46. The molecule has 0 saturated carbocycles. The maximum Gasteiger partial charge on any atom is 0.194 e. The van der Waals surface area contributed by atoms with E-state index in [1.165, 1.54) is 12.3 Å². The van der Waals surface area contributed by atoms with Gasteiger partial charge in [-0.15, -0.1) is 0 Å². The minimum Gasteiger partial charge on any atom is -0.384 e. The van der Waals surface area contributed by atoms with Crippen LogP contribution in [0.3, 0.4) is 0 Å².